The lowest BCUT2D eigenvalue weighted by atomic mass is 10.2. The van der Waals surface area contributed by atoms with Crippen LogP contribution in [0, 0.1) is 0 Å². The van der Waals surface area contributed by atoms with Crippen molar-refractivity contribution in [3.8, 4) is 11.5 Å². The molecule has 0 unspecified atom stereocenters. The van der Waals surface area contributed by atoms with Gasteiger partial charge in [-0.3, -0.25) is 4.99 Å². The molecule has 0 bridgehead atoms. The quantitative estimate of drug-likeness (QED) is 0.582. The van der Waals surface area contributed by atoms with E-state index in [0.29, 0.717) is 12.6 Å². The number of guanidine groups is 1. The summed E-state index contributed by atoms with van der Waals surface area (Å²) in [6, 6.07) is 6.40. The van der Waals surface area contributed by atoms with E-state index >= 15 is 0 Å². The highest BCUT2D eigenvalue weighted by Crippen LogP contribution is 2.25. The normalized spacial score (nSPS) is 11.8. The van der Waals surface area contributed by atoms with Gasteiger partial charge in [0.05, 0.1) is 14.2 Å². The maximum Gasteiger partial charge on any atom is 0.193 e. The SMILES string of the molecule is CN=C(NCCN(C)C(C)C)N(C)Cc1ccc(OC)cc1OC. The van der Waals surface area contributed by atoms with Crippen LogP contribution in [0.25, 0.3) is 0 Å². The van der Waals surface area contributed by atoms with Crippen molar-refractivity contribution in [3.63, 3.8) is 0 Å². The molecule has 0 atom stereocenters. The minimum absolute atomic E-state index is 0.537. The molecule has 0 saturated carbocycles. The second kappa shape index (κ2) is 10.0. The van der Waals surface area contributed by atoms with Crippen LogP contribution in [-0.4, -0.2) is 70.3 Å². The number of methoxy groups -OCH3 is 2. The molecule has 6 nitrogen and oxygen atoms in total. The van der Waals surface area contributed by atoms with Crippen LogP contribution in [0.5, 0.6) is 11.5 Å². The molecule has 0 aliphatic rings. The summed E-state index contributed by atoms with van der Waals surface area (Å²) in [6.07, 6.45) is 0. The molecular formula is C18H32N4O2. The zero-order valence-corrected chi connectivity index (χ0v) is 16.1. The number of ether oxygens (including phenoxy) is 2. The van der Waals surface area contributed by atoms with Crippen LogP contribution in [0.1, 0.15) is 19.4 Å². The molecule has 0 fully saturated rings. The van der Waals surface area contributed by atoms with Gasteiger partial charge in [0.1, 0.15) is 11.5 Å². The Bertz CT molecular complexity index is 532. The van der Waals surface area contributed by atoms with Crippen LogP contribution in [0.15, 0.2) is 23.2 Å². The number of benzene rings is 1. The van der Waals surface area contributed by atoms with Crippen molar-refractivity contribution in [1.82, 2.24) is 15.1 Å². The molecule has 0 heterocycles. The number of hydrogen-bond acceptors (Lipinski definition) is 4. The zero-order chi connectivity index (χ0) is 18.1. The summed E-state index contributed by atoms with van der Waals surface area (Å²) < 4.78 is 10.7. The van der Waals surface area contributed by atoms with E-state index < -0.39 is 0 Å². The van der Waals surface area contributed by atoms with Crippen molar-refractivity contribution >= 4 is 5.96 Å². The summed E-state index contributed by atoms with van der Waals surface area (Å²) in [5.74, 6) is 2.47. The van der Waals surface area contributed by atoms with Crippen molar-refractivity contribution in [2.24, 2.45) is 4.99 Å². The fraction of sp³-hybridized carbons (Fsp3) is 0.611. The summed E-state index contributed by atoms with van der Waals surface area (Å²) in [5.41, 5.74) is 1.09. The van der Waals surface area contributed by atoms with E-state index in [2.05, 4.69) is 41.0 Å². The molecule has 0 radical (unpaired) electrons. The van der Waals surface area contributed by atoms with Gasteiger partial charge in [-0.25, -0.2) is 0 Å². The van der Waals surface area contributed by atoms with E-state index in [4.69, 9.17) is 9.47 Å². The monoisotopic (exact) mass is 336 g/mol. The number of aliphatic imine (C=N–C) groups is 1. The molecule has 0 aliphatic heterocycles. The summed E-state index contributed by atoms with van der Waals surface area (Å²) >= 11 is 0. The minimum atomic E-state index is 0.537. The van der Waals surface area contributed by atoms with Crippen molar-refractivity contribution in [2.45, 2.75) is 26.4 Å². The first-order valence-corrected chi connectivity index (χ1v) is 8.25. The summed E-state index contributed by atoms with van der Waals surface area (Å²) in [7, 11) is 9.27. The Morgan fingerprint density at radius 2 is 1.92 bits per heavy atom. The fourth-order valence-electron chi connectivity index (χ4n) is 2.30. The van der Waals surface area contributed by atoms with E-state index in [1.165, 1.54) is 0 Å². The number of nitrogens with zero attached hydrogens (tertiary/aromatic N) is 3. The van der Waals surface area contributed by atoms with E-state index in [1.54, 1.807) is 21.3 Å². The summed E-state index contributed by atoms with van der Waals surface area (Å²) in [4.78, 5) is 8.74. The molecule has 0 aromatic heterocycles. The van der Waals surface area contributed by atoms with Gasteiger partial charge < -0.3 is 24.6 Å². The minimum Gasteiger partial charge on any atom is -0.497 e. The Kier molecular flexibility index (Phi) is 8.40. The molecule has 0 amide bonds. The number of rotatable bonds is 8. The Balaban J connectivity index is 2.66. The van der Waals surface area contributed by atoms with E-state index in [9.17, 15) is 0 Å². The second-order valence-electron chi connectivity index (χ2n) is 6.08. The van der Waals surface area contributed by atoms with Gasteiger partial charge in [-0.1, -0.05) is 0 Å². The highest BCUT2D eigenvalue weighted by Gasteiger charge is 2.11. The smallest absolute Gasteiger partial charge is 0.193 e. The van der Waals surface area contributed by atoms with E-state index in [-0.39, 0.29) is 0 Å². The first-order chi connectivity index (χ1) is 11.4. The van der Waals surface area contributed by atoms with Crippen LogP contribution in [0.4, 0.5) is 0 Å². The predicted molar refractivity (Wildman–Crippen MR) is 100 cm³/mol. The van der Waals surface area contributed by atoms with Crippen LogP contribution in [0.3, 0.4) is 0 Å². The molecule has 6 heteroatoms. The largest absolute Gasteiger partial charge is 0.497 e. The molecule has 24 heavy (non-hydrogen) atoms. The highest BCUT2D eigenvalue weighted by molar-refractivity contribution is 5.79. The van der Waals surface area contributed by atoms with Gasteiger partial charge in [0.25, 0.3) is 0 Å². The molecule has 1 aromatic carbocycles. The number of hydrogen-bond donors (Lipinski definition) is 1. The third-order valence-electron chi connectivity index (χ3n) is 4.10. The lowest BCUT2D eigenvalue weighted by molar-refractivity contribution is 0.276. The average Bonchev–Trinajstić information content (AvgIpc) is 2.58. The number of likely N-dealkylation sites (N-methyl/N-ethyl adjacent to an activating group) is 1. The highest BCUT2D eigenvalue weighted by atomic mass is 16.5. The number of nitrogens with one attached hydrogen (secondary N) is 1. The van der Waals surface area contributed by atoms with Crippen molar-refractivity contribution in [3.05, 3.63) is 23.8 Å². The maximum absolute atomic E-state index is 5.47. The molecule has 0 aliphatic carbocycles. The Hall–Kier alpha value is -1.95. The van der Waals surface area contributed by atoms with E-state index in [1.807, 2.05) is 25.2 Å². The standard InChI is InChI=1S/C18H32N4O2/c1-14(2)21(4)11-10-20-18(19-3)22(5)13-15-8-9-16(23-6)12-17(15)24-7/h8-9,12,14H,10-11,13H2,1-7H3,(H,19,20). The molecule has 0 spiro atoms. The van der Waals surface area contributed by atoms with Crippen LogP contribution in [0.2, 0.25) is 0 Å². The lowest BCUT2D eigenvalue weighted by Gasteiger charge is -2.25. The molecule has 1 rings (SSSR count). The first kappa shape index (κ1) is 20.1. The van der Waals surface area contributed by atoms with Crippen LogP contribution >= 0.6 is 0 Å². The van der Waals surface area contributed by atoms with Gasteiger partial charge in [0, 0.05) is 51.4 Å². The van der Waals surface area contributed by atoms with Crippen molar-refractivity contribution in [1.29, 1.82) is 0 Å². The third-order valence-corrected chi connectivity index (χ3v) is 4.10. The summed E-state index contributed by atoms with van der Waals surface area (Å²) in [5, 5.41) is 3.40. The molecular weight excluding hydrogens is 304 g/mol. The first-order valence-electron chi connectivity index (χ1n) is 8.25. The van der Waals surface area contributed by atoms with Crippen molar-refractivity contribution < 1.29 is 9.47 Å². The van der Waals surface area contributed by atoms with Gasteiger partial charge in [0.2, 0.25) is 0 Å². The Morgan fingerprint density at radius 3 is 2.46 bits per heavy atom. The lowest BCUT2D eigenvalue weighted by Crippen LogP contribution is -2.42. The van der Waals surface area contributed by atoms with Gasteiger partial charge >= 0.3 is 0 Å². The fourth-order valence-corrected chi connectivity index (χ4v) is 2.30. The Labute approximate surface area is 146 Å². The van der Waals surface area contributed by atoms with E-state index in [0.717, 1.165) is 36.1 Å². The van der Waals surface area contributed by atoms with Crippen molar-refractivity contribution in [2.75, 3.05) is 48.5 Å². The Morgan fingerprint density at radius 1 is 1.21 bits per heavy atom. The van der Waals surface area contributed by atoms with Crippen LogP contribution < -0.4 is 14.8 Å². The zero-order valence-electron chi connectivity index (χ0n) is 16.1. The predicted octanol–water partition coefficient (Wildman–Crippen LogP) is 2.05. The van der Waals surface area contributed by atoms with Gasteiger partial charge in [-0.15, -0.1) is 0 Å². The molecule has 1 aromatic rings. The van der Waals surface area contributed by atoms with Gasteiger partial charge in [-0.05, 0) is 33.0 Å². The maximum atomic E-state index is 5.47. The van der Waals surface area contributed by atoms with Gasteiger partial charge in [-0.2, -0.15) is 0 Å². The molecule has 1 N–H and O–H groups in total. The second-order valence-corrected chi connectivity index (χ2v) is 6.08. The third kappa shape index (κ3) is 5.92. The molecule has 0 saturated heterocycles. The topological polar surface area (TPSA) is 49.3 Å². The summed E-state index contributed by atoms with van der Waals surface area (Å²) in [6.45, 7) is 6.91. The molecule has 136 valence electrons. The van der Waals surface area contributed by atoms with Gasteiger partial charge in [0.15, 0.2) is 5.96 Å². The van der Waals surface area contributed by atoms with Crippen LogP contribution in [-0.2, 0) is 6.54 Å². The average molecular weight is 336 g/mol.